The molecule has 1 saturated heterocycles. The van der Waals surface area contributed by atoms with Crippen molar-refractivity contribution in [3.8, 4) is 10.4 Å². The maximum atomic E-state index is 12.3. The number of carbonyl (C=O) groups is 2. The van der Waals surface area contributed by atoms with E-state index >= 15 is 0 Å². The van der Waals surface area contributed by atoms with Crippen LogP contribution in [0.15, 0.2) is 18.3 Å². The molecule has 0 N–H and O–H groups in total. The minimum atomic E-state index is -0.0658. The molecule has 1 fully saturated rings. The van der Waals surface area contributed by atoms with Crippen LogP contribution in [0.2, 0.25) is 4.34 Å². The van der Waals surface area contributed by atoms with Gasteiger partial charge in [0.15, 0.2) is 0 Å². The highest BCUT2D eigenvalue weighted by molar-refractivity contribution is 7.19. The summed E-state index contributed by atoms with van der Waals surface area (Å²) in [5, 5.41) is 0. The Morgan fingerprint density at radius 3 is 2.79 bits per heavy atom. The molecule has 0 aliphatic carbocycles. The zero-order valence-corrected chi connectivity index (χ0v) is 14.8. The monoisotopic (exact) mass is 361 g/mol. The van der Waals surface area contributed by atoms with Crippen LogP contribution in [0.4, 0.5) is 5.69 Å². The second-order valence-electron chi connectivity index (χ2n) is 6.15. The van der Waals surface area contributed by atoms with E-state index in [1.165, 1.54) is 11.3 Å². The van der Waals surface area contributed by atoms with Gasteiger partial charge in [0.2, 0.25) is 11.8 Å². The Balaban J connectivity index is 1.64. The van der Waals surface area contributed by atoms with Crippen LogP contribution in [0.3, 0.4) is 0 Å². The maximum absolute atomic E-state index is 12.3. The first kappa shape index (κ1) is 15.6. The summed E-state index contributed by atoms with van der Waals surface area (Å²) in [5.74, 6) is -0.0632. The van der Waals surface area contributed by atoms with E-state index in [1.807, 2.05) is 19.1 Å². The molecule has 2 amide bonds. The highest BCUT2D eigenvalue weighted by atomic mass is 35.5. The summed E-state index contributed by atoms with van der Waals surface area (Å²) in [6, 6.07) is 3.96. The third kappa shape index (κ3) is 2.59. The molecule has 0 bridgehead atoms. The number of likely N-dealkylation sites (tertiary alicyclic amines) is 1. The van der Waals surface area contributed by atoms with E-state index in [2.05, 4.69) is 4.98 Å². The molecule has 0 spiro atoms. The molecule has 7 heteroatoms. The molecule has 4 heterocycles. The Bertz CT molecular complexity index is 825. The number of aryl methyl sites for hydroxylation is 1. The molecule has 0 atom stereocenters. The summed E-state index contributed by atoms with van der Waals surface area (Å²) in [6.45, 7) is 3.64. The number of nitrogens with zero attached hydrogens (tertiary/aromatic N) is 3. The van der Waals surface area contributed by atoms with Gasteiger partial charge in [0.1, 0.15) is 6.54 Å². The Morgan fingerprint density at radius 2 is 2.17 bits per heavy atom. The number of carbonyl (C=O) groups excluding carboxylic acids is 2. The van der Waals surface area contributed by atoms with Gasteiger partial charge in [-0.25, -0.2) is 0 Å². The Morgan fingerprint density at radius 1 is 1.38 bits per heavy atom. The van der Waals surface area contributed by atoms with E-state index in [-0.39, 0.29) is 24.8 Å². The first-order valence-corrected chi connectivity index (χ1v) is 9.06. The van der Waals surface area contributed by atoms with Crippen LogP contribution in [0.25, 0.3) is 10.4 Å². The van der Waals surface area contributed by atoms with E-state index in [9.17, 15) is 9.59 Å². The lowest BCUT2D eigenvalue weighted by atomic mass is 10.1. The molecule has 2 aliphatic rings. The average molecular weight is 362 g/mol. The molecule has 0 aromatic carbocycles. The van der Waals surface area contributed by atoms with Crippen molar-refractivity contribution in [3.63, 3.8) is 0 Å². The number of thiophene rings is 1. The Hall–Kier alpha value is -1.92. The normalized spacial score (nSPS) is 16.3. The van der Waals surface area contributed by atoms with Crippen LogP contribution in [0, 0.1) is 6.92 Å². The molecule has 124 valence electrons. The van der Waals surface area contributed by atoms with Crippen LogP contribution in [-0.4, -0.2) is 41.3 Å². The first-order valence-electron chi connectivity index (χ1n) is 7.86. The molecule has 0 radical (unpaired) electrons. The number of anilines is 1. The summed E-state index contributed by atoms with van der Waals surface area (Å²) < 4.78 is 0.756. The van der Waals surface area contributed by atoms with Gasteiger partial charge >= 0.3 is 0 Å². The quantitative estimate of drug-likeness (QED) is 0.844. The molecule has 2 aromatic heterocycles. The molecular weight excluding hydrogens is 346 g/mol. The van der Waals surface area contributed by atoms with Gasteiger partial charge in [0, 0.05) is 29.7 Å². The molecule has 0 unspecified atom stereocenters. The van der Waals surface area contributed by atoms with Crippen molar-refractivity contribution in [2.45, 2.75) is 19.8 Å². The number of halogens is 1. The first-order chi connectivity index (χ1) is 11.5. The van der Waals surface area contributed by atoms with Gasteiger partial charge in [0.25, 0.3) is 0 Å². The molecule has 0 saturated carbocycles. The number of hydrogen-bond acceptors (Lipinski definition) is 4. The summed E-state index contributed by atoms with van der Waals surface area (Å²) in [5.41, 5.74) is 3.43. The van der Waals surface area contributed by atoms with Crippen LogP contribution in [0.5, 0.6) is 0 Å². The van der Waals surface area contributed by atoms with Crippen molar-refractivity contribution in [2.75, 3.05) is 24.5 Å². The van der Waals surface area contributed by atoms with Crippen molar-refractivity contribution < 1.29 is 9.59 Å². The predicted octanol–water partition coefficient (Wildman–Crippen LogP) is 2.89. The van der Waals surface area contributed by atoms with E-state index in [4.69, 9.17) is 11.6 Å². The van der Waals surface area contributed by atoms with Gasteiger partial charge in [0.05, 0.1) is 22.1 Å². The molecule has 2 aliphatic heterocycles. The minimum Gasteiger partial charge on any atom is -0.341 e. The van der Waals surface area contributed by atoms with Gasteiger partial charge in [-0.15, -0.1) is 11.3 Å². The van der Waals surface area contributed by atoms with Crippen LogP contribution >= 0.6 is 22.9 Å². The van der Waals surface area contributed by atoms with Crippen molar-refractivity contribution in [1.29, 1.82) is 0 Å². The zero-order chi connectivity index (χ0) is 16.8. The van der Waals surface area contributed by atoms with Gasteiger partial charge in [-0.3, -0.25) is 14.6 Å². The summed E-state index contributed by atoms with van der Waals surface area (Å²) in [6.07, 6.45) is 3.07. The lowest BCUT2D eigenvalue weighted by Crippen LogP contribution is -2.47. The summed E-state index contributed by atoms with van der Waals surface area (Å²) in [4.78, 5) is 33.3. The van der Waals surface area contributed by atoms with Crippen LogP contribution in [-0.2, 0) is 16.0 Å². The smallest absolute Gasteiger partial charge is 0.242 e. The zero-order valence-electron chi connectivity index (χ0n) is 13.2. The number of fused-ring (bicyclic) bond motifs is 1. The number of pyridine rings is 1. The largest absolute Gasteiger partial charge is 0.341 e. The molecular formula is C17H16ClN3O2S. The average Bonchev–Trinajstić information content (AvgIpc) is 2.98. The number of rotatable bonds is 3. The number of aromatic nitrogens is 1. The predicted molar refractivity (Wildman–Crippen MR) is 94.6 cm³/mol. The van der Waals surface area contributed by atoms with Gasteiger partial charge in [-0.1, -0.05) is 11.6 Å². The topological polar surface area (TPSA) is 53.5 Å². The fourth-order valence-corrected chi connectivity index (χ4v) is 4.12. The maximum Gasteiger partial charge on any atom is 0.242 e. The molecule has 4 rings (SSSR count). The van der Waals surface area contributed by atoms with E-state index in [0.29, 0.717) is 0 Å². The van der Waals surface area contributed by atoms with Crippen molar-refractivity contribution in [3.05, 3.63) is 33.9 Å². The van der Waals surface area contributed by atoms with E-state index in [0.717, 1.165) is 51.2 Å². The Kier molecular flexibility index (Phi) is 3.81. The second-order valence-corrected chi connectivity index (χ2v) is 7.80. The SMILES string of the molecule is Cc1cc(-c2cnc3c(c2)N(CC(=O)N2CCC2)C(=O)C3)sc1Cl. The highest BCUT2D eigenvalue weighted by Gasteiger charge is 2.32. The van der Waals surface area contributed by atoms with Gasteiger partial charge in [-0.2, -0.15) is 0 Å². The number of amides is 2. The van der Waals surface area contributed by atoms with Gasteiger partial charge < -0.3 is 9.80 Å². The summed E-state index contributed by atoms with van der Waals surface area (Å²) >= 11 is 7.65. The van der Waals surface area contributed by atoms with Gasteiger partial charge in [-0.05, 0) is 31.0 Å². The van der Waals surface area contributed by atoms with Crippen molar-refractivity contribution in [1.82, 2.24) is 9.88 Å². The van der Waals surface area contributed by atoms with Crippen LogP contribution in [0.1, 0.15) is 17.7 Å². The number of hydrogen-bond donors (Lipinski definition) is 0. The van der Waals surface area contributed by atoms with Crippen LogP contribution < -0.4 is 4.90 Å². The van der Waals surface area contributed by atoms with E-state index in [1.54, 1.807) is 16.0 Å². The fourth-order valence-electron chi connectivity index (χ4n) is 2.94. The lowest BCUT2D eigenvalue weighted by Gasteiger charge is -2.32. The fraction of sp³-hybridized carbons (Fsp3) is 0.353. The van der Waals surface area contributed by atoms with E-state index < -0.39 is 0 Å². The lowest BCUT2D eigenvalue weighted by molar-refractivity contribution is -0.134. The third-order valence-electron chi connectivity index (χ3n) is 4.50. The van der Waals surface area contributed by atoms with Crippen molar-refractivity contribution in [2.24, 2.45) is 0 Å². The molecule has 5 nitrogen and oxygen atoms in total. The minimum absolute atomic E-state index is 0.00265. The molecule has 2 aromatic rings. The summed E-state index contributed by atoms with van der Waals surface area (Å²) in [7, 11) is 0. The van der Waals surface area contributed by atoms with Crippen molar-refractivity contribution >= 4 is 40.4 Å². The third-order valence-corrected chi connectivity index (χ3v) is 6.11. The second kappa shape index (κ2) is 5.86. The molecule has 24 heavy (non-hydrogen) atoms. The Labute approximate surface area is 148 Å². The highest BCUT2D eigenvalue weighted by Crippen LogP contribution is 2.37. The standard InChI is InChI=1S/C17H16ClN3O2S/c1-10-5-14(24-17(10)18)11-6-13-12(19-8-11)7-15(22)21(13)9-16(23)20-3-2-4-20/h5-6,8H,2-4,7,9H2,1H3.